The van der Waals surface area contributed by atoms with Crippen molar-refractivity contribution in [3.05, 3.63) is 35.4 Å². The SMILES string of the molecule is Cc1ccc(CCC(=O)N2CCCCC2CCC(=O)O)cc1. The summed E-state index contributed by atoms with van der Waals surface area (Å²) in [6.07, 6.45) is 5.03. The fraction of sp³-hybridized carbons (Fsp3) is 0.556. The Hall–Kier alpha value is -1.84. The topological polar surface area (TPSA) is 57.6 Å². The molecule has 4 heteroatoms. The lowest BCUT2D eigenvalue weighted by atomic mass is 9.97. The van der Waals surface area contributed by atoms with Crippen LogP contribution in [0.25, 0.3) is 0 Å². The standard InChI is InChI=1S/C18H25NO3/c1-14-5-7-15(8-6-14)9-11-17(20)19-13-3-2-4-16(19)10-12-18(21)22/h5-8,16H,2-4,9-13H2,1H3,(H,21,22). The van der Waals surface area contributed by atoms with Crippen LogP contribution in [0.4, 0.5) is 0 Å². The van der Waals surface area contributed by atoms with Gasteiger partial charge in [-0.2, -0.15) is 0 Å². The van der Waals surface area contributed by atoms with Gasteiger partial charge in [0.25, 0.3) is 0 Å². The Kier molecular flexibility index (Phi) is 5.99. The van der Waals surface area contributed by atoms with Gasteiger partial charge in [0.05, 0.1) is 0 Å². The van der Waals surface area contributed by atoms with E-state index in [1.54, 1.807) is 0 Å². The summed E-state index contributed by atoms with van der Waals surface area (Å²) >= 11 is 0. The highest BCUT2D eigenvalue weighted by Gasteiger charge is 2.26. The highest BCUT2D eigenvalue weighted by atomic mass is 16.4. The van der Waals surface area contributed by atoms with Crippen LogP contribution in [0.5, 0.6) is 0 Å². The Morgan fingerprint density at radius 2 is 1.91 bits per heavy atom. The predicted octanol–water partition coefficient (Wildman–Crippen LogP) is 3.17. The fourth-order valence-corrected chi connectivity index (χ4v) is 3.07. The molecular formula is C18H25NO3. The number of aliphatic carboxylic acids is 1. The third-order valence-electron chi connectivity index (χ3n) is 4.39. The second kappa shape index (κ2) is 7.97. The second-order valence-corrected chi connectivity index (χ2v) is 6.15. The van der Waals surface area contributed by atoms with E-state index in [0.717, 1.165) is 32.2 Å². The number of rotatable bonds is 6. The van der Waals surface area contributed by atoms with Crippen molar-refractivity contribution >= 4 is 11.9 Å². The molecule has 2 rings (SSSR count). The Morgan fingerprint density at radius 1 is 1.18 bits per heavy atom. The lowest BCUT2D eigenvalue weighted by Crippen LogP contribution is -2.44. The molecule has 0 bridgehead atoms. The molecule has 22 heavy (non-hydrogen) atoms. The summed E-state index contributed by atoms with van der Waals surface area (Å²) in [6.45, 7) is 2.83. The number of carboxylic acids is 1. The Labute approximate surface area is 132 Å². The van der Waals surface area contributed by atoms with E-state index >= 15 is 0 Å². The predicted molar refractivity (Wildman–Crippen MR) is 85.7 cm³/mol. The highest BCUT2D eigenvalue weighted by Crippen LogP contribution is 2.22. The molecule has 1 heterocycles. The molecule has 1 unspecified atom stereocenters. The number of piperidine rings is 1. The zero-order valence-corrected chi connectivity index (χ0v) is 13.3. The molecule has 1 N–H and O–H groups in total. The number of hydrogen-bond acceptors (Lipinski definition) is 2. The summed E-state index contributed by atoms with van der Waals surface area (Å²) in [6, 6.07) is 8.38. The summed E-state index contributed by atoms with van der Waals surface area (Å²) in [5.41, 5.74) is 2.40. The average molecular weight is 303 g/mol. The second-order valence-electron chi connectivity index (χ2n) is 6.15. The van der Waals surface area contributed by atoms with Gasteiger partial charge < -0.3 is 10.0 Å². The molecule has 0 spiro atoms. The summed E-state index contributed by atoms with van der Waals surface area (Å²) < 4.78 is 0. The Balaban J connectivity index is 1.88. The van der Waals surface area contributed by atoms with Crippen molar-refractivity contribution in [2.75, 3.05) is 6.54 Å². The van der Waals surface area contributed by atoms with Crippen LogP contribution in [0.2, 0.25) is 0 Å². The minimum absolute atomic E-state index is 0.107. The van der Waals surface area contributed by atoms with Crippen LogP contribution in [-0.2, 0) is 16.0 Å². The molecule has 1 aliphatic rings. The molecule has 4 nitrogen and oxygen atoms in total. The summed E-state index contributed by atoms with van der Waals surface area (Å²) in [7, 11) is 0. The summed E-state index contributed by atoms with van der Waals surface area (Å²) in [4.78, 5) is 25.1. The number of aryl methyl sites for hydroxylation is 2. The van der Waals surface area contributed by atoms with Gasteiger partial charge in [-0.25, -0.2) is 0 Å². The number of amides is 1. The number of hydrogen-bond donors (Lipinski definition) is 1. The van der Waals surface area contributed by atoms with E-state index in [9.17, 15) is 9.59 Å². The van der Waals surface area contributed by atoms with Crippen LogP contribution in [0, 0.1) is 6.92 Å². The van der Waals surface area contributed by atoms with Gasteiger partial charge in [-0.15, -0.1) is 0 Å². The number of nitrogens with zero attached hydrogens (tertiary/aromatic N) is 1. The molecule has 1 atom stereocenters. The first-order valence-corrected chi connectivity index (χ1v) is 8.13. The van der Waals surface area contributed by atoms with Crippen LogP contribution in [-0.4, -0.2) is 34.5 Å². The highest BCUT2D eigenvalue weighted by molar-refractivity contribution is 5.77. The third kappa shape index (κ3) is 4.86. The summed E-state index contributed by atoms with van der Waals surface area (Å²) in [5, 5.41) is 8.84. The molecule has 0 saturated carbocycles. The zero-order valence-electron chi connectivity index (χ0n) is 13.3. The number of carbonyl (C=O) groups excluding carboxylic acids is 1. The smallest absolute Gasteiger partial charge is 0.303 e. The monoisotopic (exact) mass is 303 g/mol. The first kappa shape index (κ1) is 16.5. The maximum Gasteiger partial charge on any atom is 0.303 e. The maximum atomic E-state index is 12.5. The van der Waals surface area contributed by atoms with Crippen molar-refractivity contribution in [1.29, 1.82) is 0 Å². The number of carbonyl (C=O) groups is 2. The normalized spacial score (nSPS) is 18.2. The molecule has 1 fully saturated rings. The van der Waals surface area contributed by atoms with Crippen LogP contribution in [0.15, 0.2) is 24.3 Å². The van der Waals surface area contributed by atoms with Gasteiger partial charge in [0, 0.05) is 25.4 Å². The van der Waals surface area contributed by atoms with E-state index in [-0.39, 0.29) is 18.4 Å². The molecule has 0 radical (unpaired) electrons. The van der Waals surface area contributed by atoms with Crippen molar-refractivity contribution in [2.45, 2.75) is 57.9 Å². The number of benzene rings is 1. The van der Waals surface area contributed by atoms with Gasteiger partial charge in [0.2, 0.25) is 5.91 Å². The number of likely N-dealkylation sites (tertiary alicyclic amines) is 1. The molecular weight excluding hydrogens is 278 g/mol. The van der Waals surface area contributed by atoms with Gasteiger partial charge in [0.1, 0.15) is 0 Å². The molecule has 0 aliphatic carbocycles. The van der Waals surface area contributed by atoms with E-state index in [1.807, 2.05) is 4.90 Å². The minimum Gasteiger partial charge on any atom is -0.481 e. The van der Waals surface area contributed by atoms with Crippen LogP contribution in [0.1, 0.15) is 49.7 Å². The molecule has 0 aromatic heterocycles. The van der Waals surface area contributed by atoms with Crippen molar-refractivity contribution in [1.82, 2.24) is 4.90 Å². The van der Waals surface area contributed by atoms with E-state index in [4.69, 9.17) is 5.11 Å². The van der Waals surface area contributed by atoms with Crippen LogP contribution >= 0.6 is 0 Å². The van der Waals surface area contributed by atoms with Crippen molar-refractivity contribution in [3.8, 4) is 0 Å². The maximum absolute atomic E-state index is 12.5. The van der Waals surface area contributed by atoms with E-state index in [0.29, 0.717) is 12.8 Å². The molecule has 120 valence electrons. The van der Waals surface area contributed by atoms with Crippen molar-refractivity contribution in [3.63, 3.8) is 0 Å². The zero-order chi connectivity index (χ0) is 15.9. The fourth-order valence-electron chi connectivity index (χ4n) is 3.07. The molecule has 1 saturated heterocycles. The van der Waals surface area contributed by atoms with Crippen molar-refractivity contribution < 1.29 is 14.7 Å². The van der Waals surface area contributed by atoms with Gasteiger partial charge >= 0.3 is 5.97 Å². The quantitative estimate of drug-likeness (QED) is 0.878. The van der Waals surface area contributed by atoms with E-state index in [2.05, 4.69) is 31.2 Å². The van der Waals surface area contributed by atoms with Crippen molar-refractivity contribution in [2.24, 2.45) is 0 Å². The molecule has 1 amide bonds. The van der Waals surface area contributed by atoms with Gasteiger partial charge in [-0.3, -0.25) is 9.59 Å². The lowest BCUT2D eigenvalue weighted by Gasteiger charge is -2.35. The van der Waals surface area contributed by atoms with Gasteiger partial charge in [0.15, 0.2) is 0 Å². The van der Waals surface area contributed by atoms with Crippen LogP contribution in [0.3, 0.4) is 0 Å². The first-order valence-electron chi connectivity index (χ1n) is 8.13. The van der Waals surface area contributed by atoms with Gasteiger partial charge in [-0.05, 0) is 44.6 Å². The molecule has 1 aromatic carbocycles. The molecule has 1 aromatic rings. The average Bonchev–Trinajstić information content (AvgIpc) is 2.52. The van der Waals surface area contributed by atoms with Gasteiger partial charge in [-0.1, -0.05) is 29.8 Å². The first-order chi connectivity index (χ1) is 10.6. The summed E-state index contributed by atoms with van der Waals surface area (Å²) in [5.74, 6) is -0.617. The van der Waals surface area contributed by atoms with E-state index < -0.39 is 5.97 Å². The minimum atomic E-state index is -0.780. The lowest BCUT2D eigenvalue weighted by molar-refractivity contribution is -0.140. The Morgan fingerprint density at radius 3 is 2.59 bits per heavy atom. The Bertz CT molecular complexity index is 510. The largest absolute Gasteiger partial charge is 0.481 e. The number of carboxylic acid groups (broad SMARTS) is 1. The van der Waals surface area contributed by atoms with Crippen LogP contribution < -0.4 is 0 Å². The molecule has 1 aliphatic heterocycles. The van der Waals surface area contributed by atoms with E-state index in [1.165, 1.54) is 11.1 Å². The third-order valence-corrected chi connectivity index (χ3v) is 4.39.